The number of nitrogens with one attached hydrogen (secondary N) is 1. The van der Waals surface area contributed by atoms with Crippen molar-refractivity contribution in [1.82, 2.24) is 4.90 Å². The molecular weight excluding hydrogens is 406 g/mol. The average molecular weight is 424 g/mol. The largest absolute Gasteiger partial charge is 0.342 e. The highest BCUT2D eigenvalue weighted by molar-refractivity contribution is 8.00. The molecule has 29 heavy (non-hydrogen) atoms. The van der Waals surface area contributed by atoms with Crippen LogP contribution in [-0.4, -0.2) is 40.6 Å². The van der Waals surface area contributed by atoms with Crippen molar-refractivity contribution in [2.24, 2.45) is 4.99 Å². The van der Waals surface area contributed by atoms with E-state index in [4.69, 9.17) is 4.99 Å². The predicted octanol–water partition coefficient (Wildman–Crippen LogP) is 4.75. The normalized spacial score (nSPS) is 14.3. The summed E-state index contributed by atoms with van der Waals surface area (Å²) in [5, 5.41) is 5.72. The molecule has 2 aliphatic rings. The van der Waals surface area contributed by atoms with Gasteiger partial charge in [0.15, 0.2) is 0 Å². The molecule has 146 valence electrons. The first-order valence-corrected chi connectivity index (χ1v) is 10.3. The summed E-state index contributed by atoms with van der Waals surface area (Å²) in [5.41, 5.74) is 3.04. The number of thioether (sulfide) groups is 1. The second kappa shape index (κ2) is 7.89. The number of carbonyl (C=O) groups is 2. The van der Waals surface area contributed by atoms with E-state index in [0.29, 0.717) is 29.2 Å². The lowest BCUT2D eigenvalue weighted by atomic mass is 10.1. The third-order valence-corrected chi connectivity index (χ3v) is 5.94. The lowest BCUT2D eigenvalue weighted by molar-refractivity contribution is 0.0664. The first kappa shape index (κ1) is 19.5. The van der Waals surface area contributed by atoms with Crippen LogP contribution < -0.4 is 5.32 Å². The summed E-state index contributed by atoms with van der Waals surface area (Å²) >= 11 is 1.65. The number of hydrogen-bond acceptors (Lipinski definition) is 5. The van der Waals surface area contributed by atoms with E-state index in [1.54, 1.807) is 36.0 Å². The topological polar surface area (TPSA) is 61.8 Å². The Bertz CT molecular complexity index is 1120. The van der Waals surface area contributed by atoms with E-state index in [1.165, 1.54) is 10.3 Å². The minimum Gasteiger partial charge on any atom is -0.342 e. The van der Waals surface area contributed by atoms with Gasteiger partial charge in [-0.05, 0) is 29.7 Å². The van der Waals surface area contributed by atoms with E-state index in [0.717, 1.165) is 22.6 Å². The van der Waals surface area contributed by atoms with E-state index in [-0.39, 0.29) is 24.2 Å². The Morgan fingerprint density at radius 2 is 1.59 bits per heavy atom. The highest BCUT2D eigenvalue weighted by Crippen LogP contribution is 2.35. The van der Waals surface area contributed by atoms with Crippen LogP contribution in [0.3, 0.4) is 0 Å². The van der Waals surface area contributed by atoms with Crippen LogP contribution in [0, 0.1) is 0 Å². The maximum atomic E-state index is 12.4. The number of rotatable bonds is 5. The third-order valence-electron chi connectivity index (χ3n) is 4.99. The zero-order chi connectivity index (χ0) is 19.1. The summed E-state index contributed by atoms with van der Waals surface area (Å²) < 4.78 is 0. The van der Waals surface area contributed by atoms with Crippen molar-refractivity contribution in [2.75, 3.05) is 23.4 Å². The highest BCUT2D eigenvalue weighted by Gasteiger charge is 2.34. The third kappa shape index (κ3) is 3.39. The summed E-state index contributed by atoms with van der Waals surface area (Å²) in [6.07, 6.45) is 0. The molecular formula is C22H18ClN3O2S. The summed E-state index contributed by atoms with van der Waals surface area (Å²) in [6.45, 7) is 0.399. The zero-order valence-electron chi connectivity index (χ0n) is 15.4. The molecule has 0 spiro atoms. The molecule has 5 nitrogen and oxygen atoms in total. The maximum absolute atomic E-state index is 12.4. The number of anilines is 1. The fourth-order valence-electron chi connectivity index (χ4n) is 3.68. The number of amides is 2. The lowest BCUT2D eigenvalue weighted by Crippen LogP contribution is -2.32. The number of imide groups is 1. The molecule has 0 fully saturated rings. The molecule has 2 aliphatic heterocycles. The number of halogens is 1. The fraction of sp³-hybridized carbons (Fsp3) is 0.136. The van der Waals surface area contributed by atoms with Crippen LogP contribution in [0.2, 0.25) is 0 Å². The Morgan fingerprint density at radius 1 is 0.897 bits per heavy atom. The van der Waals surface area contributed by atoms with Gasteiger partial charge in [0, 0.05) is 23.4 Å². The van der Waals surface area contributed by atoms with Crippen LogP contribution in [0.5, 0.6) is 0 Å². The first-order chi connectivity index (χ1) is 13.7. The summed E-state index contributed by atoms with van der Waals surface area (Å²) in [6, 6.07) is 19.3. The lowest BCUT2D eigenvalue weighted by Gasteiger charge is -2.19. The molecule has 7 heteroatoms. The van der Waals surface area contributed by atoms with Gasteiger partial charge in [0.2, 0.25) is 0 Å². The molecule has 1 N–H and O–H groups in total. The minimum atomic E-state index is -0.199. The average Bonchev–Trinajstić information content (AvgIpc) is 2.96. The van der Waals surface area contributed by atoms with E-state index in [1.807, 2.05) is 18.2 Å². The van der Waals surface area contributed by atoms with Crippen molar-refractivity contribution in [3.8, 4) is 0 Å². The Balaban J connectivity index is 0.00000205. The number of fused-ring (bicyclic) bond motifs is 1. The Hall–Kier alpha value is -2.83. The SMILES string of the molecule is Cl.O=C1c2ccccc2C(=O)N1CCSCC1=Nc2cccc3cccc(c23)N1. The van der Waals surface area contributed by atoms with Gasteiger partial charge >= 0.3 is 0 Å². The number of aliphatic imine (C=N–C) groups is 1. The second-order valence-corrected chi connectivity index (χ2v) is 7.83. The van der Waals surface area contributed by atoms with Crippen LogP contribution in [0.15, 0.2) is 65.7 Å². The molecule has 2 heterocycles. The van der Waals surface area contributed by atoms with Gasteiger partial charge in [-0.2, -0.15) is 11.8 Å². The van der Waals surface area contributed by atoms with Crippen molar-refractivity contribution >= 4 is 64.0 Å². The molecule has 2 amide bonds. The monoisotopic (exact) mass is 423 g/mol. The molecule has 3 aromatic carbocycles. The van der Waals surface area contributed by atoms with Crippen LogP contribution >= 0.6 is 24.2 Å². The van der Waals surface area contributed by atoms with E-state index < -0.39 is 0 Å². The molecule has 0 saturated carbocycles. The molecule has 0 radical (unpaired) electrons. The first-order valence-electron chi connectivity index (χ1n) is 9.12. The number of nitrogens with zero attached hydrogens (tertiary/aromatic N) is 2. The summed E-state index contributed by atoms with van der Waals surface area (Å²) in [4.78, 5) is 30.9. The molecule has 0 atom stereocenters. The fourth-order valence-corrected chi connectivity index (χ4v) is 4.47. The van der Waals surface area contributed by atoms with Gasteiger partial charge in [-0.25, -0.2) is 4.99 Å². The molecule has 0 aliphatic carbocycles. The molecule has 0 bridgehead atoms. The van der Waals surface area contributed by atoms with Crippen molar-refractivity contribution < 1.29 is 9.59 Å². The Labute approximate surface area is 178 Å². The van der Waals surface area contributed by atoms with Gasteiger partial charge in [0.25, 0.3) is 11.8 Å². The van der Waals surface area contributed by atoms with Gasteiger partial charge in [-0.1, -0.05) is 36.4 Å². The molecule has 5 rings (SSSR count). The smallest absolute Gasteiger partial charge is 0.261 e. The van der Waals surface area contributed by atoms with E-state index in [2.05, 4.69) is 23.5 Å². The van der Waals surface area contributed by atoms with Crippen molar-refractivity contribution in [3.63, 3.8) is 0 Å². The van der Waals surface area contributed by atoms with E-state index >= 15 is 0 Å². The number of hydrogen-bond donors (Lipinski definition) is 1. The van der Waals surface area contributed by atoms with Crippen LogP contribution in [0.4, 0.5) is 11.4 Å². The van der Waals surface area contributed by atoms with Crippen LogP contribution in [0.25, 0.3) is 10.8 Å². The predicted molar refractivity (Wildman–Crippen MR) is 121 cm³/mol. The number of carbonyl (C=O) groups excluding carboxylic acids is 2. The van der Waals surface area contributed by atoms with Crippen molar-refractivity contribution in [2.45, 2.75) is 0 Å². The number of benzene rings is 3. The Morgan fingerprint density at radius 3 is 2.31 bits per heavy atom. The molecule has 0 unspecified atom stereocenters. The highest BCUT2D eigenvalue weighted by atomic mass is 35.5. The summed E-state index contributed by atoms with van der Waals surface area (Å²) in [5.74, 6) is 1.84. The molecule has 0 saturated heterocycles. The number of amidine groups is 1. The zero-order valence-corrected chi connectivity index (χ0v) is 17.1. The van der Waals surface area contributed by atoms with Crippen LogP contribution in [-0.2, 0) is 0 Å². The summed E-state index contributed by atoms with van der Waals surface area (Å²) in [7, 11) is 0. The molecule has 3 aromatic rings. The van der Waals surface area contributed by atoms with Crippen molar-refractivity contribution in [1.29, 1.82) is 0 Å². The minimum absolute atomic E-state index is 0. The van der Waals surface area contributed by atoms with Crippen molar-refractivity contribution in [3.05, 3.63) is 71.8 Å². The van der Waals surface area contributed by atoms with Gasteiger partial charge < -0.3 is 5.32 Å². The van der Waals surface area contributed by atoms with Gasteiger partial charge in [-0.15, -0.1) is 12.4 Å². The quantitative estimate of drug-likeness (QED) is 0.475. The van der Waals surface area contributed by atoms with Gasteiger partial charge in [-0.3, -0.25) is 14.5 Å². The standard InChI is InChI=1S/C22H17N3O2S.ClH/c26-21-15-7-1-2-8-16(15)22(27)25(21)11-12-28-13-19-23-17-9-3-5-14-6-4-10-18(24-19)20(14)17;/h1-10H,11-13H2,(H,23,24);1H. The van der Waals surface area contributed by atoms with Gasteiger partial charge in [0.05, 0.1) is 22.6 Å². The molecule has 0 aromatic heterocycles. The van der Waals surface area contributed by atoms with Gasteiger partial charge in [0.1, 0.15) is 5.84 Å². The Kier molecular flexibility index (Phi) is 5.30. The second-order valence-electron chi connectivity index (χ2n) is 6.72. The van der Waals surface area contributed by atoms with Crippen LogP contribution in [0.1, 0.15) is 20.7 Å². The maximum Gasteiger partial charge on any atom is 0.261 e. The van der Waals surface area contributed by atoms with E-state index in [9.17, 15) is 9.59 Å².